The number of unbranched alkanes of at least 4 members (excludes halogenated alkanes) is 14. The van der Waals surface area contributed by atoms with Crippen LogP contribution in [0, 0.1) is 0 Å². The Morgan fingerprint density at radius 1 is 0.650 bits per heavy atom. The summed E-state index contributed by atoms with van der Waals surface area (Å²) in [5.74, 6) is -0.224. The zero-order valence-electron chi connectivity index (χ0n) is 26.6. The van der Waals surface area contributed by atoms with E-state index in [0.29, 0.717) is 12.8 Å². The van der Waals surface area contributed by atoms with E-state index in [1.165, 1.54) is 70.6 Å². The lowest BCUT2D eigenvalue weighted by Gasteiger charge is -2.23. The van der Waals surface area contributed by atoms with E-state index >= 15 is 0 Å². The van der Waals surface area contributed by atoms with Crippen LogP contribution < -0.4 is 5.32 Å². The highest BCUT2D eigenvalue weighted by Gasteiger charge is 2.28. The second kappa shape index (κ2) is 24.4. The molecule has 2 N–H and O–H groups in total. The number of carbonyl (C=O) groups excluding carboxylic acids is 4. The summed E-state index contributed by atoms with van der Waals surface area (Å²) in [6, 6.07) is -0.665. The Kier molecular flexibility index (Phi) is 23.7. The molecule has 0 heterocycles. The van der Waals surface area contributed by atoms with E-state index in [-0.39, 0.29) is 37.4 Å². The molecule has 0 radical (unpaired) electrons. The molecule has 0 saturated carbocycles. The molecule has 0 aliphatic carbocycles. The first kappa shape index (κ1) is 38.8. The maximum atomic E-state index is 12.6. The third kappa shape index (κ3) is 23.5. The number of hydrogen-bond acceptors (Lipinski definition) is 5. The van der Waals surface area contributed by atoms with Crippen LogP contribution >= 0.6 is 8.15 Å². The molecule has 2 atom stereocenters. The van der Waals surface area contributed by atoms with Gasteiger partial charge in [0.25, 0.3) is 0 Å². The zero-order valence-corrected chi connectivity index (χ0v) is 27.5. The Labute approximate surface area is 247 Å². The van der Waals surface area contributed by atoms with Crippen molar-refractivity contribution in [2.24, 2.45) is 0 Å². The lowest BCUT2D eigenvalue weighted by Crippen LogP contribution is -2.37. The quantitative estimate of drug-likeness (QED) is 0.0565. The molecule has 234 valence electrons. The topological polar surface area (TPSA) is 101 Å². The highest BCUT2D eigenvalue weighted by atomic mass is 31.1. The van der Waals surface area contributed by atoms with Gasteiger partial charge < -0.3 is 14.7 Å². The van der Waals surface area contributed by atoms with Crippen molar-refractivity contribution in [1.82, 2.24) is 5.32 Å². The van der Waals surface area contributed by atoms with Gasteiger partial charge in [0.05, 0.1) is 27.7 Å². The van der Waals surface area contributed by atoms with Gasteiger partial charge in [-0.25, -0.2) is 0 Å². The summed E-state index contributed by atoms with van der Waals surface area (Å²) in [7, 11) is 3.83. The summed E-state index contributed by atoms with van der Waals surface area (Å²) in [6.45, 7) is 4.88. The molecule has 7 nitrogen and oxygen atoms in total. The Hall–Kier alpha value is -1.17. The number of quaternary nitrogens is 1. The van der Waals surface area contributed by atoms with Crippen molar-refractivity contribution in [2.45, 2.75) is 155 Å². The van der Waals surface area contributed by atoms with Gasteiger partial charge in [0.15, 0.2) is 19.2 Å². The Bertz CT molecular complexity index is 708. The molecule has 0 aromatic rings. The van der Waals surface area contributed by atoms with Gasteiger partial charge in [-0.1, -0.05) is 97.3 Å². The minimum Gasteiger partial charge on any atom is -0.360 e. The third-order valence-electron chi connectivity index (χ3n) is 7.33. The fourth-order valence-corrected chi connectivity index (χ4v) is 5.84. The molecule has 0 saturated heterocycles. The maximum absolute atomic E-state index is 12.6. The van der Waals surface area contributed by atoms with E-state index < -0.39 is 25.2 Å². The number of hydrogen-bond donors (Lipinski definition) is 2. The largest absolute Gasteiger partial charge is 0.360 e. The molecule has 2 unspecified atom stereocenters. The average Bonchev–Trinajstić information content (AvgIpc) is 2.89. The summed E-state index contributed by atoms with van der Waals surface area (Å²) >= 11 is 0. The Balaban J connectivity index is 4.22. The van der Waals surface area contributed by atoms with Crippen LogP contribution in [0.5, 0.6) is 0 Å². The van der Waals surface area contributed by atoms with Crippen LogP contribution in [0.4, 0.5) is 0 Å². The van der Waals surface area contributed by atoms with Gasteiger partial charge in [0, 0.05) is 38.1 Å². The second-order valence-electron chi connectivity index (χ2n) is 12.5. The van der Waals surface area contributed by atoms with Gasteiger partial charge in [-0.15, -0.1) is 0 Å². The van der Waals surface area contributed by atoms with Crippen molar-refractivity contribution >= 4 is 30.9 Å². The molecule has 0 aromatic carbocycles. The molecule has 1 amide bonds. The van der Waals surface area contributed by atoms with Crippen LogP contribution in [0.3, 0.4) is 0 Å². The van der Waals surface area contributed by atoms with Gasteiger partial charge in [-0.05, 0) is 19.3 Å². The minimum absolute atomic E-state index is 0.0158. The van der Waals surface area contributed by atoms with Crippen molar-refractivity contribution in [3.63, 3.8) is 0 Å². The van der Waals surface area contributed by atoms with E-state index in [1.807, 2.05) is 0 Å². The fourth-order valence-electron chi connectivity index (χ4n) is 4.80. The van der Waals surface area contributed by atoms with Crippen LogP contribution in [0.25, 0.3) is 0 Å². The number of Topliss-reactive ketones (excluding diaryl/α,β-unsaturated/α-hetero) is 1. The smallest absolute Gasteiger partial charge is 0.219 e. The summed E-state index contributed by atoms with van der Waals surface area (Å²) in [4.78, 5) is 59.9. The molecule has 8 heteroatoms. The molecule has 40 heavy (non-hydrogen) atoms. The first-order valence-electron chi connectivity index (χ1n) is 16.2. The predicted octanol–water partition coefficient (Wildman–Crippen LogP) is 7.42. The van der Waals surface area contributed by atoms with Crippen molar-refractivity contribution in [1.29, 1.82) is 0 Å². The number of ketones is 1. The van der Waals surface area contributed by atoms with Crippen molar-refractivity contribution in [3.05, 3.63) is 0 Å². The van der Waals surface area contributed by atoms with Crippen molar-refractivity contribution < 1.29 is 28.6 Å². The maximum Gasteiger partial charge on any atom is 0.219 e. The summed E-state index contributed by atoms with van der Waals surface area (Å²) in [5, 5.41) is 2.75. The molecular formula is C32H62N2O5P+. The van der Waals surface area contributed by atoms with E-state index in [2.05, 4.69) is 33.4 Å². The fraction of sp³-hybridized carbons (Fsp3) is 0.875. The summed E-state index contributed by atoms with van der Waals surface area (Å²) < 4.78 is 0.799. The second-order valence-corrected chi connectivity index (χ2v) is 14.1. The first-order chi connectivity index (χ1) is 19.0. The molecule has 0 rings (SSSR count). The van der Waals surface area contributed by atoms with E-state index in [0.717, 1.165) is 36.7 Å². The monoisotopic (exact) mass is 585 g/mol. The number of amides is 1. The van der Waals surface area contributed by atoms with Crippen LogP contribution in [0.1, 0.15) is 149 Å². The molecular weight excluding hydrogens is 523 g/mol. The summed E-state index contributed by atoms with van der Waals surface area (Å²) in [6.07, 6.45) is 19.8. The van der Waals surface area contributed by atoms with E-state index in [9.17, 15) is 24.1 Å². The zero-order chi connectivity index (χ0) is 30.2. The van der Waals surface area contributed by atoms with E-state index in [1.54, 1.807) is 6.92 Å². The van der Waals surface area contributed by atoms with Crippen LogP contribution in [0.15, 0.2) is 0 Å². The van der Waals surface area contributed by atoms with Gasteiger partial charge in [-0.3, -0.25) is 19.2 Å². The van der Waals surface area contributed by atoms with Gasteiger partial charge in [-0.2, -0.15) is 0 Å². The van der Waals surface area contributed by atoms with Crippen LogP contribution in [-0.4, -0.2) is 65.8 Å². The van der Waals surface area contributed by atoms with Crippen molar-refractivity contribution in [2.75, 3.05) is 27.7 Å². The van der Waals surface area contributed by atoms with Crippen LogP contribution in [0.2, 0.25) is 0 Å². The lowest BCUT2D eigenvalue weighted by atomic mass is 10.0. The Morgan fingerprint density at radius 3 is 1.60 bits per heavy atom. The summed E-state index contributed by atoms with van der Waals surface area (Å²) in [5.41, 5.74) is -0.979. The average molecular weight is 586 g/mol. The number of nitrogens with zero attached hydrogens (tertiary/aromatic N) is 1. The Morgan fingerprint density at radius 2 is 1.12 bits per heavy atom. The molecule has 0 aliphatic rings. The molecule has 0 fully saturated rings. The standard InChI is InChI=1S/C32H61N2O5P/c1-6-8-9-10-11-12-13-14-15-16-17-18-19-20-23-29(35)26-28(33-30(36)7-2)27-32(38)40(39)31(37)24-21-22-25-34(3,4)5/h28,39H,6-27H2,1-5H3/p+1. The number of carbonyl (C=O) groups is 4. The van der Waals surface area contributed by atoms with Gasteiger partial charge in [0.1, 0.15) is 5.78 Å². The lowest BCUT2D eigenvalue weighted by molar-refractivity contribution is -0.870. The van der Waals surface area contributed by atoms with Gasteiger partial charge >= 0.3 is 0 Å². The predicted molar refractivity (Wildman–Crippen MR) is 167 cm³/mol. The molecule has 0 spiro atoms. The molecule has 0 bridgehead atoms. The molecule has 0 aliphatic heterocycles. The van der Waals surface area contributed by atoms with E-state index in [4.69, 9.17) is 0 Å². The molecule has 0 aromatic heterocycles. The van der Waals surface area contributed by atoms with Crippen LogP contribution in [-0.2, 0) is 19.2 Å². The number of nitrogens with one attached hydrogen (secondary N) is 1. The SMILES string of the molecule is CCCCCCCCCCCCCCCCC(=O)CC(CC(=O)P(O)C(=O)CCCC[N+](C)(C)C)NC(=O)CC. The third-order valence-corrected chi connectivity index (χ3v) is 8.68. The normalized spacial score (nSPS) is 13.2. The highest BCUT2D eigenvalue weighted by Crippen LogP contribution is 2.36. The van der Waals surface area contributed by atoms with Gasteiger partial charge in [0.2, 0.25) is 5.91 Å². The van der Waals surface area contributed by atoms with Crippen molar-refractivity contribution in [3.8, 4) is 0 Å². The number of rotatable bonds is 28. The minimum atomic E-state index is -2.41. The highest BCUT2D eigenvalue weighted by molar-refractivity contribution is 7.84. The first-order valence-corrected chi connectivity index (χ1v) is 17.5.